The second kappa shape index (κ2) is 8.28. The van der Waals surface area contributed by atoms with Crippen LogP contribution in [0.25, 0.3) is 10.9 Å². The van der Waals surface area contributed by atoms with Gasteiger partial charge in [-0.15, -0.1) is 0 Å². The summed E-state index contributed by atoms with van der Waals surface area (Å²) in [4.78, 5) is 22.8. The molecular formula is C20H22N6OS. The molecule has 3 aromatic rings. The van der Waals surface area contributed by atoms with E-state index in [4.69, 9.17) is 18.0 Å². The predicted molar refractivity (Wildman–Crippen MR) is 117 cm³/mol. The molecule has 1 amide bonds. The lowest BCUT2D eigenvalue weighted by atomic mass is 10.1. The van der Waals surface area contributed by atoms with Gasteiger partial charge < -0.3 is 21.3 Å². The highest BCUT2D eigenvalue weighted by atomic mass is 32.1. The van der Waals surface area contributed by atoms with Crippen LogP contribution in [0.15, 0.2) is 42.6 Å². The normalized spacial score (nSPS) is 10.9. The molecule has 28 heavy (non-hydrogen) atoms. The van der Waals surface area contributed by atoms with Crippen LogP contribution in [0, 0.1) is 0 Å². The zero-order valence-corrected chi connectivity index (χ0v) is 16.8. The Labute approximate surface area is 169 Å². The van der Waals surface area contributed by atoms with Crippen LogP contribution in [0.2, 0.25) is 0 Å². The van der Waals surface area contributed by atoms with Crippen LogP contribution >= 0.6 is 12.2 Å². The van der Waals surface area contributed by atoms with Gasteiger partial charge in [0.15, 0.2) is 0 Å². The topological polar surface area (TPSA) is 96.2 Å². The van der Waals surface area contributed by atoms with E-state index in [1.807, 2.05) is 50.5 Å². The minimum atomic E-state index is -0.122. The van der Waals surface area contributed by atoms with E-state index in [1.165, 1.54) is 6.92 Å². The fourth-order valence-corrected chi connectivity index (χ4v) is 3.00. The van der Waals surface area contributed by atoms with Gasteiger partial charge in [-0.2, -0.15) is 0 Å². The number of rotatable bonds is 6. The van der Waals surface area contributed by atoms with Gasteiger partial charge in [-0.3, -0.25) is 4.79 Å². The maximum atomic E-state index is 11.5. The summed E-state index contributed by atoms with van der Waals surface area (Å²) >= 11 is 5.01. The molecule has 0 saturated carbocycles. The first-order valence-corrected chi connectivity index (χ1v) is 9.11. The molecule has 3 rings (SSSR count). The summed E-state index contributed by atoms with van der Waals surface area (Å²) in [7, 11) is 3.98. The number of hydrogen-bond donors (Lipinski definition) is 3. The summed E-state index contributed by atoms with van der Waals surface area (Å²) in [6.07, 6.45) is 1.73. The second-order valence-corrected chi connectivity index (χ2v) is 7.23. The zero-order chi connectivity index (χ0) is 20.3. The first kappa shape index (κ1) is 19.7. The highest BCUT2D eigenvalue weighted by Crippen LogP contribution is 2.23. The second-order valence-electron chi connectivity index (χ2n) is 6.79. The largest absolute Gasteiger partial charge is 0.389 e. The number of carbonyl (C=O) groups is 1. The number of benzene rings is 2. The maximum absolute atomic E-state index is 11.5. The fourth-order valence-electron chi connectivity index (χ4n) is 2.87. The summed E-state index contributed by atoms with van der Waals surface area (Å²) in [6, 6.07) is 11.4. The monoisotopic (exact) mass is 394 g/mol. The molecule has 0 aliphatic carbocycles. The van der Waals surface area contributed by atoms with Crippen molar-refractivity contribution in [1.29, 1.82) is 0 Å². The Hall–Kier alpha value is -3.10. The molecule has 4 N–H and O–H groups in total. The van der Waals surface area contributed by atoms with Gasteiger partial charge in [-0.05, 0) is 56.1 Å². The molecule has 0 fully saturated rings. The van der Waals surface area contributed by atoms with E-state index in [-0.39, 0.29) is 5.91 Å². The minimum absolute atomic E-state index is 0.122. The number of carbonyl (C=O) groups excluding carboxylic acids is 1. The van der Waals surface area contributed by atoms with Gasteiger partial charge in [0.05, 0.1) is 5.52 Å². The Morgan fingerprint density at radius 1 is 1.18 bits per heavy atom. The van der Waals surface area contributed by atoms with Crippen LogP contribution in [0.4, 0.5) is 17.3 Å². The van der Waals surface area contributed by atoms with Crippen molar-refractivity contribution >= 4 is 51.3 Å². The number of hydrogen-bond acceptors (Lipinski definition) is 6. The van der Waals surface area contributed by atoms with Crippen molar-refractivity contribution in [1.82, 2.24) is 14.9 Å². The number of nitrogens with zero attached hydrogens (tertiary/aromatic N) is 3. The number of amides is 1. The van der Waals surface area contributed by atoms with Crippen molar-refractivity contribution in [2.75, 3.05) is 24.7 Å². The Bertz CT molecular complexity index is 1050. The van der Waals surface area contributed by atoms with E-state index in [0.717, 1.165) is 39.9 Å². The molecule has 0 aliphatic rings. The van der Waals surface area contributed by atoms with Gasteiger partial charge in [0.2, 0.25) is 11.9 Å². The van der Waals surface area contributed by atoms with Gasteiger partial charge in [0.25, 0.3) is 0 Å². The Kier molecular flexibility index (Phi) is 5.81. The Morgan fingerprint density at radius 2 is 1.93 bits per heavy atom. The molecule has 2 aromatic carbocycles. The van der Waals surface area contributed by atoms with E-state index < -0.39 is 0 Å². The van der Waals surface area contributed by atoms with Crippen molar-refractivity contribution < 1.29 is 4.79 Å². The molecule has 0 bridgehead atoms. The molecular weight excluding hydrogens is 372 g/mol. The SMILES string of the molecule is CC(=O)Nc1cc(CN(C)C)cc(Nc2ncc3cc(C(N)=S)ccc3n2)c1. The highest BCUT2D eigenvalue weighted by molar-refractivity contribution is 7.80. The number of anilines is 3. The molecule has 0 radical (unpaired) electrons. The number of thiocarbonyl (C=S) groups is 1. The number of nitrogens with two attached hydrogens (primary N) is 1. The van der Waals surface area contributed by atoms with Gasteiger partial charge in [-0.25, -0.2) is 9.97 Å². The summed E-state index contributed by atoms with van der Waals surface area (Å²) in [6.45, 7) is 2.22. The molecule has 144 valence electrons. The smallest absolute Gasteiger partial charge is 0.227 e. The van der Waals surface area contributed by atoms with Gasteiger partial charge in [0.1, 0.15) is 4.99 Å². The Morgan fingerprint density at radius 3 is 2.61 bits per heavy atom. The molecule has 0 unspecified atom stereocenters. The van der Waals surface area contributed by atoms with Gasteiger partial charge in [0, 0.05) is 42.0 Å². The van der Waals surface area contributed by atoms with E-state index in [9.17, 15) is 4.79 Å². The van der Waals surface area contributed by atoms with E-state index >= 15 is 0 Å². The van der Waals surface area contributed by atoms with Crippen LogP contribution in [0.1, 0.15) is 18.1 Å². The summed E-state index contributed by atoms with van der Waals surface area (Å²) < 4.78 is 0. The molecule has 0 atom stereocenters. The molecule has 1 heterocycles. The standard InChI is InChI=1S/C20H22N6OS/c1-12(27)23-16-6-13(11-26(2)3)7-17(9-16)24-20-22-10-15-8-14(19(21)28)4-5-18(15)25-20/h4-10H,11H2,1-3H3,(H2,21,28)(H,23,27)(H,22,24,25). The van der Waals surface area contributed by atoms with Crippen molar-refractivity contribution in [3.05, 3.63) is 53.7 Å². The van der Waals surface area contributed by atoms with Crippen molar-refractivity contribution in [3.8, 4) is 0 Å². The lowest BCUT2D eigenvalue weighted by molar-refractivity contribution is -0.114. The van der Waals surface area contributed by atoms with Crippen molar-refractivity contribution in [2.45, 2.75) is 13.5 Å². The molecule has 0 spiro atoms. The third-order valence-corrected chi connectivity index (χ3v) is 4.17. The zero-order valence-electron chi connectivity index (χ0n) is 16.0. The van der Waals surface area contributed by atoms with E-state index in [2.05, 4.69) is 25.5 Å². The predicted octanol–water partition coefficient (Wildman–Crippen LogP) is 3.03. The molecule has 7 nitrogen and oxygen atoms in total. The number of nitrogens with one attached hydrogen (secondary N) is 2. The Balaban J connectivity index is 1.91. The first-order chi connectivity index (χ1) is 13.3. The van der Waals surface area contributed by atoms with E-state index in [1.54, 1.807) is 6.20 Å². The lowest BCUT2D eigenvalue weighted by Gasteiger charge is -2.14. The van der Waals surface area contributed by atoms with Crippen LogP contribution in [0.5, 0.6) is 0 Å². The summed E-state index contributed by atoms with van der Waals surface area (Å²) in [5.74, 6) is 0.342. The molecule has 8 heteroatoms. The molecule has 1 aromatic heterocycles. The average molecular weight is 395 g/mol. The summed E-state index contributed by atoms with van der Waals surface area (Å²) in [5.41, 5.74) is 9.81. The van der Waals surface area contributed by atoms with Crippen LogP contribution in [-0.4, -0.2) is 39.9 Å². The highest BCUT2D eigenvalue weighted by Gasteiger charge is 2.07. The van der Waals surface area contributed by atoms with Crippen LogP contribution in [-0.2, 0) is 11.3 Å². The van der Waals surface area contributed by atoms with Gasteiger partial charge in [-0.1, -0.05) is 12.2 Å². The third kappa shape index (κ3) is 4.99. The average Bonchev–Trinajstić information content (AvgIpc) is 2.59. The lowest BCUT2D eigenvalue weighted by Crippen LogP contribution is -2.12. The summed E-state index contributed by atoms with van der Waals surface area (Å²) in [5, 5.41) is 6.90. The third-order valence-electron chi connectivity index (χ3n) is 3.93. The van der Waals surface area contributed by atoms with Gasteiger partial charge >= 0.3 is 0 Å². The quantitative estimate of drug-likeness (QED) is 0.553. The maximum Gasteiger partial charge on any atom is 0.227 e. The minimum Gasteiger partial charge on any atom is -0.389 e. The van der Waals surface area contributed by atoms with Crippen LogP contribution in [0.3, 0.4) is 0 Å². The number of aromatic nitrogens is 2. The molecule has 0 saturated heterocycles. The van der Waals surface area contributed by atoms with Crippen LogP contribution < -0.4 is 16.4 Å². The van der Waals surface area contributed by atoms with E-state index in [0.29, 0.717) is 10.9 Å². The first-order valence-electron chi connectivity index (χ1n) is 8.70. The number of fused-ring (bicyclic) bond motifs is 1. The van der Waals surface area contributed by atoms with Crippen molar-refractivity contribution in [3.63, 3.8) is 0 Å². The fraction of sp³-hybridized carbons (Fsp3) is 0.200. The molecule has 0 aliphatic heterocycles. The van der Waals surface area contributed by atoms with Crippen molar-refractivity contribution in [2.24, 2.45) is 5.73 Å².